The zero-order chi connectivity index (χ0) is 27.1. The Bertz CT molecular complexity index is 1860. The first-order valence-corrected chi connectivity index (χ1v) is 12.3. The molecule has 0 atom stereocenters. The van der Waals surface area contributed by atoms with Crippen LogP contribution < -0.4 is 26.0 Å². The fraction of sp³-hybridized carbons (Fsp3) is 0.148. The summed E-state index contributed by atoms with van der Waals surface area (Å²) in [5.74, 6) is 0.608. The summed E-state index contributed by atoms with van der Waals surface area (Å²) in [5.41, 5.74) is 0.910. The summed E-state index contributed by atoms with van der Waals surface area (Å²) in [4.78, 5) is 44.6. The molecule has 1 aliphatic rings. The molecule has 0 saturated heterocycles. The Morgan fingerprint density at radius 1 is 1.03 bits per heavy atom. The van der Waals surface area contributed by atoms with E-state index in [0.717, 1.165) is 15.7 Å². The number of nitrogens with one attached hydrogen (secondary N) is 1. The van der Waals surface area contributed by atoms with Gasteiger partial charge in [0.2, 0.25) is 24.4 Å². The first-order valence-electron chi connectivity index (χ1n) is 11.9. The minimum absolute atomic E-state index is 0.0249. The van der Waals surface area contributed by atoms with Crippen LogP contribution >= 0.6 is 11.6 Å². The van der Waals surface area contributed by atoms with Crippen LogP contribution in [-0.4, -0.2) is 32.0 Å². The molecule has 0 radical (unpaired) electrons. The second-order valence-electron chi connectivity index (χ2n) is 8.87. The molecule has 0 bridgehead atoms. The van der Waals surface area contributed by atoms with Gasteiger partial charge >= 0.3 is 5.69 Å². The number of ether oxygens (including phenoxy) is 2. The molecule has 0 spiro atoms. The normalized spacial score (nSPS) is 12.2. The van der Waals surface area contributed by atoms with Crippen molar-refractivity contribution in [3.8, 4) is 22.9 Å². The van der Waals surface area contributed by atoms with E-state index in [1.807, 2.05) is 37.3 Å². The third kappa shape index (κ3) is 4.64. The molecule has 12 heteroatoms. The van der Waals surface area contributed by atoms with E-state index in [0.29, 0.717) is 28.0 Å². The maximum absolute atomic E-state index is 13.7. The quantitative estimate of drug-likeness (QED) is 0.342. The number of aryl methyl sites for hydroxylation is 1. The third-order valence-corrected chi connectivity index (χ3v) is 6.52. The maximum atomic E-state index is 13.7. The van der Waals surface area contributed by atoms with Crippen molar-refractivity contribution in [2.24, 2.45) is 0 Å². The maximum Gasteiger partial charge on any atom is 0.332 e. The molecule has 196 valence electrons. The molecule has 0 saturated carbocycles. The highest BCUT2D eigenvalue weighted by atomic mass is 35.5. The molecule has 3 aromatic carbocycles. The average molecular weight is 546 g/mol. The molecule has 2 aromatic heterocycles. The number of rotatable bonds is 6. The van der Waals surface area contributed by atoms with E-state index in [1.165, 1.54) is 16.7 Å². The fourth-order valence-electron chi connectivity index (χ4n) is 4.32. The zero-order valence-electron chi connectivity index (χ0n) is 20.5. The largest absolute Gasteiger partial charge is 0.454 e. The molecular weight excluding hydrogens is 526 g/mol. The van der Waals surface area contributed by atoms with E-state index >= 15 is 0 Å². The first kappa shape index (κ1) is 24.4. The molecule has 0 unspecified atom stereocenters. The second-order valence-corrected chi connectivity index (χ2v) is 9.30. The van der Waals surface area contributed by atoms with Gasteiger partial charge in [-0.1, -0.05) is 53.2 Å². The molecule has 0 aliphatic carbocycles. The predicted octanol–water partition coefficient (Wildman–Crippen LogP) is 3.59. The minimum atomic E-state index is -0.733. The summed E-state index contributed by atoms with van der Waals surface area (Å²) < 4.78 is 18.4. The van der Waals surface area contributed by atoms with Crippen LogP contribution in [0.4, 0.5) is 5.69 Å². The SMILES string of the molecule is Cc1ccc(Cl)cc1NC(=O)Cn1c(=O)n(Cc2nc(-c3ccccc3)no2)c(=O)c2cc3c(cc21)OCO3. The molecule has 39 heavy (non-hydrogen) atoms. The molecule has 1 N–H and O–H groups in total. The Balaban J connectivity index is 1.42. The van der Waals surface area contributed by atoms with Crippen molar-refractivity contribution in [3.05, 3.63) is 98.0 Å². The fourth-order valence-corrected chi connectivity index (χ4v) is 4.49. The molecule has 3 heterocycles. The van der Waals surface area contributed by atoms with Gasteiger partial charge in [0.1, 0.15) is 13.1 Å². The van der Waals surface area contributed by atoms with Gasteiger partial charge in [0.05, 0.1) is 10.9 Å². The molecule has 1 aliphatic heterocycles. The Labute approximate surface area is 225 Å². The van der Waals surface area contributed by atoms with Crippen molar-refractivity contribution in [2.75, 3.05) is 12.1 Å². The highest BCUT2D eigenvalue weighted by molar-refractivity contribution is 6.31. The summed E-state index contributed by atoms with van der Waals surface area (Å²) in [6, 6.07) is 17.3. The Kier molecular flexibility index (Phi) is 6.12. The van der Waals surface area contributed by atoms with Gasteiger partial charge in [0, 0.05) is 22.3 Å². The summed E-state index contributed by atoms with van der Waals surface area (Å²) in [6.45, 7) is 1.11. The monoisotopic (exact) mass is 545 g/mol. The van der Waals surface area contributed by atoms with Crippen LogP contribution in [0, 0.1) is 6.92 Å². The molecule has 11 nitrogen and oxygen atoms in total. The van der Waals surface area contributed by atoms with Gasteiger partial charge in [-0.05, 0) is 30.7 Å². The topological polar surface area (TPSA) is 130 Å². The lowest BCUT2D eigenvalue weighted by Gasteiger charge is -2.15. The number of carbonyl (C=O) groups is 1. The van der Waals surface area contributed by atoms with Crippen LogP contribution in [0.3, 0.4) is 0 Å². The molecule has 0 fully saturated rings. The van der Waals surface area contributed by atoms with Crippen molar-refractivity contribution in [3.63, 3.8) is 0 Å². The van der Waals surface area contributed by atoms with Crippen molar-refractivity contribution < 1.29 is 18.8 Å². The Hall–Kier alpha value is -4.90. The van der Waals surface area contributed by atoms with Crippen LogP contribution in [-0.2, 0) is 17.9 Å². The summed E-state index contributed by atoms with van der Waals surface area (Å²) >= 11 is 6.08. The Morgan fingerprint density at radius 2 is 1.79 bits per heavy atom. The first-order chi connectivity index (χ1) is 18.9. The van der Waals surface area contributed by atoms with Crippen LogP contribution in [0.5, 0.6) is 11.5 Å². The summed E-state index contributed by atoms with van der Waals surface area (Å²) in [7, 11) is 0. The van der Waals surface area contributed by atoms with E-state index in [2.05, 4.69) is 15.5 Å². The van der Waals surface area contributed by atoms with E-state index in [-0.39, 0.29) is 36.7 Å². The van der Waals surface area contributed by atoms with Crippen LogP contribution in [0.1, 0.15) is 11.5 Å². The predicted molar refractivity (Wildman–Crippen MR) is 142 cm³/mol. The minimum Gasteiger partial charge on any atom is -0.454 e. The number of benzene rings is 3. The number of carbonyl (C=O) groups excluding carboxylic acids is 1. The molecule has 6 rings (SSSR count). The Morgan fingerprint density at radius 3 is 2.59 bits per heavy atom. The highest BCUT2D eigenvalue weighted by Gasteiger charge is 2.23. The molecular formula is C27H20ClN5O6. The van der Waals surface area contributed by atoms with Crippen LogP contribution in [0.25, 0.3) is 22.3 Å². The van der Waals surface area contributed by atoms with Gasteiger partial charge in [-0.2, -0.15) is 4.98 Å². The smallest absolute Gasteiger partial charge is 0.332 e. The van der Waals surface area contributed by atoms with E-state index in [9.17, 15) is 14.4 Å². The van der Waals surface area contributed by atoms with Gasteiger partial charge in [-0.25, -0.2) is 4.79 Å². The zero-order valence-corrected chi connectivity index (χ0v) is 21.3. The van der Waals surface area contributed by atoms with Crippen molar-refractivity contribution in [1.82, 2.24) is 19.3 Å². The number of halogens is 1. The number of hydrogen-bond donors (Lipinski definition) is 1. The lowest BCUT2D eigenvalue weighted by atomic mass is 10.2. The number of aromatic nitrogens is 4. The number of amides is 1. The lowest BCUT2D eigenvalue weighted by molar-refractivity contribution is -0.116. The van der Waals surface area contributed by atoms with Gasteiger partial charge in [-0.15, -0.1) is 0 Å². The van der Waals surface area contributed by atoms with Crippen molar-refractivity contribution >= 4 is 34.1 Å². The standard InChI is InChI=1S/C27H20ClN5O6/c1-15-7-8-17(28)9-19(15)29-23(34)12-32-20-11-22-21(37-14-38-22)10-18(20)26(35)33(27(32)36)13-24-30-25(31-39-24)16-5-3-2-4-6-16/h2-11H,12-14H2,1H3,(H,29,34). The summed E-state index contributed by atoms with van der Waals surface area (Å²) in [6.07, 6.45) is 0. The molecule has 1 amide bonds. The van der Waals surface area contributed by atoms with Crippen LogP contribution in [0.15, 0.2) is 74.8 Å². The second kappa shape index (κ2) is 9.76. The van der Waals surface area contributed by atoms with Crippen molar-refractivity contribution in [2.45, 2.75) is 20.0 Å². The average Bonchev–Trinajstić information content (AvgIpc) is 3.60. The third-order valence-electron chi connectivity index (χ3n) is 6.29. The highest BCUT2D eigenvalue weighted by Crippen LogP contribution is 2.34. The van der Waals surface area contributed by atoms with Gasteiger partial charge in [-0.3, -0.25) is 18.7 Å². The molecule has 5 aromatic rings. The van der Waals surface area contributed by atoms with Gasteiger partial charge in [0.25, 0.3) is 5.56 Å². The van der Waals surface area contributed by atoms with E-state index in [1.54, 1.807) is 18.2 Å². The number of nitrogens with zero attached hydrogens (tertiary/aromatic N) is 4. The van der Waals surface area contributed by atoms with E-state index in [4.69, 9.17) is 25.6 Å². The number of hydrogen-bond acceptors (Lipinski definition) is 8. The summed E-state index contributed by atoms with van der Waals surface area (Å²) in [5, 5.41) is 7.36. The lowest BCUT2D eigenvalue weighted by Crippen LogP contribution is -2.42. The number of anilines is 1. The van der Waals surface area contributed by atoms with E-state index < -0.39 is 17.2 Å². The van der Waals surface area contributed by atoms with Crippen LogP contribution in [0.2, 0.25) is 5.02 Å². The van der Waals surface area contributed by atoms with Gasteiger partial charge < -0.3 is 19.3 Å². The number of fused-ring (bicyclic) bond motifs is 2. The van der Waals surface area contributed by atoms with Crippen molar-refractivity contribution in [1.29, 1.82) is 0 Å². The van der Waals surface area contributed by atoms with Gasteiger partial charge in [0.15, 0.2) is 11.5 Å².